The number of nitriles is 1. The minimum absolute atomic E-state index is 0.00430. The summed E-state index contributed by atoms with van der Waals surface area (Å²) in [5.41, 5.74) is 1.61. The maximum Gasteiger partial charge on any atom is 0.269 e. The standard InChI is InChI=1S/C15H12FN3O2/c16-15-5-4-12(6-13(15)8-17)10-18-9-11-2-1-3-14(7-11)19(20)21/h1-7,18H,9-10H2. The summed E-state index contributed by atoms with van der Waals surface area (Å²) in [4.78, 5) is 10.2. The highest BCUT2D eigenvalue weighted by Gasteiger charge is 2.06. The number of hydrogen-bond acceptors (Lipinski definition) is 4. The van der Waals surface area contributed by atoms with E-state index < -0.39 is 10.7 Å². The summed E-state index contributed by atoms with van der Waals surface area (Å²) in [6.45, 7) is 0.887. The van der Waals surface area contributed by atoms with Crippen molar-refractivity contribution in [3.05, 3.63) is 75.1 Å². The monoisotopic (exact) mass is 285 g/mol. The Morgan fingerprint density at radius 3 is 2.57 bits per heavy atom. The molecule has 0 unspecified atom stereocenters. The van der Waals surface area contributed by atoms with Gasteiger partial charge in [-0.25, -0.2) is 4.39 Å². The Bertz CT molecular complexity index is 710. The van der Waals surface area contributed by atoms with Crippen LogP contribution in [0.2, 0.25) is 0 Å². The van der Waals surface area contributed by atoms with Crippen molar-refractivity contribution in [2.75, 3.05) is 0 Å². The normalized spacial score (nSPS) is 10.1. The van der Waals surface area contributed by atoms with E-state index >= 15 is 0 Å². The molecule has 0 aliphatic heterocycles. The lowest BCUT2D eigenvalue weighted by atomic mass is 10.1. The summed E-state index contributed by atoms with van der Waals surface area (Å²) in [5, 5.41) is 22.5. The molecule has 106 valence electrons. The summed E-state index contributed by atoms with van der Waals surface area (Å²) in [7, 11) is 0. The molecular formula is C15H12FN3O2. The van der Waals surface area contributed by atoms with E-state index in [-0.39, 0.29) is 11.3 Å². The third kappa shape index (κ3) is 3.84. The zero-order valence-corrected chi connectivity index (χ0v) is 11.0. The van der Waals surface area contributed by atoms with Gasteiger partial charge in [0.1, 0.15) is 11.9 Å². The van der Waals surface area contributed by atoms with Crippen molar-refractivity contribution in [2.24, 2.45) is 0 Å². The minimum atomic E-state index is -0.542. The number of benzene rings is 2. The average Bonchev–Trinajstić information content (AvgIpc) is 2.49. The fraction of sp³-hybridized carbons (Fsp3) is 0.133. The molecule has 6 heteroatoms. The summed E-state index contributed by atoms with van der Waals surface area (Å²) < 4.78 is 13.2. The molecule has 5 nitrogen and oxygen atoms in total. The number of halogens is 1. The van der Waals surface area contributed by atoms with Crippen molar-refractivity contribution in [1.82, 2.24) is 5.32 Å². The molecule has 2 aromatic rings. The number of rotatable bonds is 5. The van der Waals surface area contributed by atoms with Gasteiger partial charge in [0, 0.05) is 25.2 Å². The zero-order valence-electron chi connectivity index (χ0n) is 11.0. The number of nitro groups is 1. The van der Waals surface area contributed by atoms with Crippen LogP contribution in [0.15, 0.2) is 42.5 Å². The van der Waals surface area contributed by atoms with E-state index in [9.17, 15) is 14.5 Å². The topological polar surface area (TPSA) is 79.0 Å². The van der Waals surface area contributed by atoms with Crippen molar-refractivity contribution in [1.29, 1.82) is 5.26 Å². The first kappa shape index (κ1) is 14.6. The molecule has 0 fully saturated rings. The van der Waals surface area contributed by atoms with Crippen molar-refractivity contribution < 1.29 is 9.31 Å². The number of nitro benzene ring substituents is 1. The Kier molecular flexibility index (Phi) is 4.59. The van der Waals surface area contributed by atoms with Crippen LogP contribution in [-0.4, -0.2) is 4.92 Å². The molecule has 21 heavy (non-hydrogen) atoms. The van der Waals surface area contributed by atoms with Crippen LogP contribution in [0.1, 0.15) is 16.7 Å². The second kappa shape index (κ2) is 6.59. The number of nitrogens with zero attached hydrogens (tertiary/aromatic N) is 2. The highest BCUT2D eigenvalue weighted by atomic mass is 19.1. The quantitative estimate of drug-likeness (QED) is 0.676. The minimum Gasteiger partial charge on any atom is -0.309 e. The third-order valence-corrected chi connectivity index (χ3v) is 2.93. The Morgan fingerprint density at radius 2 is 1.90 bits per heavy atom. The Labute approximate surface area is 120 Å². The van der Waals surface area contributed by atoms with Crippen LogP contribution in [0.4, 0.5) is 10.1 Å². The van der Waals surface area contributed by atoms with Crippen molar-refractivity contribution >= 4 is 5.69 Å². The van der Waals surface area contributed by atoms with Crippen LogP contribution >= 0.6 is 0 Å². The number of nitrogens with one attached hydrogen (secondary N) is 1. The van der Waals surface area contributed by atoms with E-state index in [2.05, 4.69) is 5.32 Å². The van der Waals surface area contributed by atoms with E-state index in [1.807, 2.05) is 0 Å². The van der Waals surface area contributed by atoms with Crippen LogP contribution in [0.3, 0.4) is 0 Å². The Balaban J connectivity index is 1.97. The second-order valence-electron chi connectivity index (χ2n) is 4.46. The van der Waals surface area contributed by atoms with Gasteiger partial charge >= 0.3 is 0 Å². The lowest BCUT2D eigenvalue weighted by Crippen LogP contribution is -2.13. The van der Waals surface area contributed by atoms with E-state index in [1.165, 1.54) is 24.3 Å². The van der Waals surface area contributed by atoms with Gasteiger partial charge in [-0.2, -0.15) is 5.26 Å². The first-order chi connectivity index (χ1) is 10.1. The lowest BCUT2D eigenvalue weighted by molar-refractivity contribution is -0.384. The highest BCUT2D eigenvalue weighted by Crippen LogP contribution is 2.13. The molecule has 1 N–H and O–H groups in total. The fourth-order valence-electron chi connectivity index (χ4n) is 1.90. The van der Waals surface area contributed by atoms with Crippen molar-refractivity contribution in [3.63, 3.8) is 0 Å². The lowest BCUT2D eigenvalue weighted by Gasteiger charge is -2.06. The summed E-state index contributed by atoms with van der Waals surface area (Å²) in [6.07, 6.45) is 0. The van der Waals surface area contributed by atoms with Gasteiger partial charge in [0.15, 0.2) is 0 Å². The molecule has 0 saturated carbocycles. The van der Waals surface area contributed by atoms with Crippen LogP contribution < -0.4 is 5.32 Å². The largest absolute Gasteiger partial charge is 0.309 e. The number of hydrogen-bond donors (Lipinski definition) is 1. The maximum atomic E-state index is 13.2. The molecule has 2 aromatic carbocycles. The smallest absolute Gasteiger partial charge is 0.269 e. The molecule has 0 amide bonds. The summed E-state index contributed by atoms with van der Waals surface area (Å²) in [6, 6.07) is 12.5. The fourth-order valence-corrected chi connectivity index (χ4v) is 1.90. The van der Waals surface area contributed by atoms with Crippen LogP contribution in [-0.2, 0) is 13.1 Å². The molecular weight excluding hydrogens is 273 g/mol. The second-order valence-corrected chi connectivity index (χ2v) is 4.46. The van der Waals surface area contributed by atoms with Gasteiger partial charge in [-0.1, -0.05) is 18.2 Å². The highest BCUT2D eigenvalue weighted by molar-refractivity contribution is 5.35. The van der Waals surface area contributed by atoms with Gasteiger partial charge in [0.05, 0.1) is 10.5 Å². The van der Waals surface area contributed by atoms with Gasteiger partial charge in [-0.3, -0.25) is 10.1 Å². The van der Waals surface area contributed by atoms with E-state index in [0.29, 0.717) is 13.1 Å². The molecule has 0 saturated heterocycles. The van der Waals surface area contributed by atoms with Crippen LogP contribution in [0.5, 0.6) is 0 Å². The molecule has 0 aliphatic carbocycles. The molecule has 2 rings (SSSR count). The summed E-state index contributed by atoms with van der Waals surface area (Å²) in [5.74, 6) is -0.542. The SMILES string of the molecule is N#Cc1cc(CNCc2cccc([N+](=O)[O-])c2)ccc1F. The van der Waals surface area contributed by atoms with Crippen molar-refractivity contribution in [2.45, 2.75) is 13.1 Å². The first-order valence-electron chi connectivity index (χ1n) is 6.22. The molecule has 0 spiro atoms. The molecule has 0 radical (unpaired) electrons. The van der Waals surface area contributed by atoms with Gasteiger partial charge in [-0.15, -0.1) is 0 Å². The Morgan fingerprint density at radius 1 is 1.19 bits per heavy atom. The summed E-state index contributed by atoms with van der Waals surface area (Å²) >= 11 is 0. The maximum absolute atomic E-state index is 13.2. The Hall–Kier alpha value is -2.78. The molecule has 0 heterocycles. The zero-order chi connectivity index (χ0) is 15.2. The van der Waals surface area contributed by atoms with E-state index in [4.69, 9.17) is 5.26 Å². The molecule has 0 aromatic heterocycles. The van der Waals surface area contributed by atoms with E-state index in [0.717, 1.165) is 11.1 Å². The average molecular weight is 285 g/mol. The van der Waals surface area contributed by atoms with Gasteiger partial charge in [-0.05, 0) is 23.3 Å². The molecule has 0 bridgehead atoms. The van der Waals surface area contributed by atoms with Crippen molar-refractivity contribution in [3.8, 4) is 6.07 Å². The third-order valence-electron chi connectivity index (χ3n) is 2.93. The predicted octanol–water partition coefficient (Wildman–Crippen LogP) is 2.90. The first-order valence-corrected chi connectivity index (χ1v) is 6.22. The van der Waals surface area contributed by atoms with Crippen LogP contribution in [0, 0.1) is 27.3 Å². The van der Waals surface area contributed by atoms with Gasteiger partial charge in [0.2, 0.25) is 0 Å². The van der Waals surface area contributed by atoms with Gasteiger partial charge < -0.3 is 5.32 Å². The predicted molar refractivity (Wildman–Crippen MR) is 74.8 cm³/mol. The molecule has 0 aliphatic rings. The van der Waals surface area contributed by atoms with E-state index in [1.54, 1.807) is 24.3 Å². The van der Waals surface area contributed by atoms with Crippen LogP contribution in [0.25, 0.3) is 0 Å². The molecule has 0 atom stereocenters. The number of non-ortho nitro benzene ring substituents is 1. The van der Waals surface area contributed by atoms with Gasteiger partial charge in [0.25, 0.3) is 5.69 Å².